The minimum atomic E-state index is -0.469. The van der Waals surface area contributed by atoms with Gasteiger partial charge in [-0.05, 0) is 42.8 Å². The molecular weight excluding hydrogens is 312 g/mol. The maximum absolute atomic E-state index is 10.6. The van der Waals surface area contributed by atoms with E-state index in [-0.39, 0.29) is 19.0 Å². The van der Waals surface area contributed by atoms with Gasteiger partial charge >= 0.3 is 0 Å². The number of rotatable bonds is 7. The molecule has 2 aromatic rings. The summed E-state index contributed by atoms with van der Waals surface area (Å²) in [4.78, 5) is 11.8. The van der Waals surface area contributed by atoms with Gasteiger partial charge in [-0.2, -0.15) is 10.2 Å². The number of aliphatic hydroxyl groups excluding tert-OH is 2. The quantitative estimate of drug-likeness (QED) is 0.351. The molecule has 126 valence electrons. The highest BCUT2D eigenvalue weighted by molar-refractivity contribution is 5.57. The van der Waals surface area contributed by atoms with Crippen molar-refractivity contribution in [2.24, 2.45) is 10.2 Å². The Labute approximate surface area is 138 Å². The van der Waals surface area contributed by atoms with Crippen molar-refractivity contribution in [1.82, 2.24) is 0 Å². The molecule has 0 bridgehead atoms. The second-order valence-electron chi connectivity index (χ2n) is 5.07. The molecule has 0 aliphatic heterocycles. The molecule has 8 heteroatoms. The smallest absolute Gasteiger partial charge is 0.269 e. The van der Waals surface area contributed by atoms with Crippen LogP contribution in [0.2, 0.25) is 0 Å². The molecule has 0 aliphatic rings. The van der Waals surface area contributed by atoms with Gasteiger partial charge in [0, 0.05) is 24.4 Å². The van der Waals surface area contributed by atoms with Crippen LogP contribution in [0.3, 0.4) is 0 Å². The predicted octanol–water partition coefficient (Wildman–Crippen LogP) is 3.07. The Bertz CT molecular complexity index is 731. The van der Waals surface area contributed by atoms with E-state index in [1.165, 1.54) is 24.3 Å². The van der Waals surface area contributed by atoms with Crippen LogP contribution >= 0.6 is 0 Å². The molecule has 0 radical (unpaired) electrons. The van der Waals surface area contributed by atoms with E-state index in [1.807, 2.05) is 13.0 Å². The number of aliphatic hydroxyl groups is 2. The first-order valence-corrected chi connectivity index (χ1v) is 7.28. The first kappa shape index (κ1) is 17.5. The zero-order valence-electron chi connectivity index (χ0n) is 13.2. The van der Waals surface area contributed by atoms with Gasteiger partial charge in [0.2, 0.25) is 0 Å². The molecule has 2 N–H and O–H groups in total. The fourth-order valence-corrected chi connectivity index (χ4v) is 2.10. The predicted molar refractivity (Wildman–Crippen MR) is 90.0 cm³/mol. The number of benzene rings is 2. The summed E-state index contributed by atoms with van der Waals surface area (Å²) < 4.78 is 0. The minimum absolute atomic E-state index is 0.00228. The topological polar surface area (TPSA) is 112 Å². The van der Waals surface area contributed by atoms with Crippen LogP contribution in [0.5, 0.6) is 0 Å². The van der Waals surface area contributed by atoms with E-state index in [0.29, 0.717) is 17.9 Å². The number of azo groups is 1. The van der Waals surface area contributed by atoms with Gasteiger partial charge in [-0.3, -0.25) is 10.1 Å². The lowest BCUT2D eigenvalue weighted by Crippen LogP contribution is -2.27. The summed E-state index contributed by atoms with van der Waals surface area (Å²) in [5.41, 5.74) is 2.80. The van der Waals surface area contributed by atoms with Gasteiger partial charge < -0.3 is 15.1 Å². The van der Waals surface area contributed by atoms with Crippen molar-refractivity contribution >= 4 is 22.7 Å². The van der Waals surface area contributed by atoms with Gasteiger partial charge in [-0.25, -0.2) is 0 Å². The van der Waals surface area contributed by atoms with E-state index in [0.717, 1.165) is 11.3 Å². The third-order valence-electron chi connectivity index (χ3n) is 3.42. The van der Waals surface area contributed by atoms with Gasteiger partial charge in [-0.1, -0.05) is 0 Å². The molecular formula is C16H18N4O4. The van der Waals surface area contributed by atoms with Crippen molar-refractivity contribution in [3.8, 4) is 0 Å². The maximum atomic E-state index is 10.6. The number of anilines is 1. The van der Waals surface area contributed by atoms with Crippen molar-refractivity contribution < 1.29 is 15.1 Å². The Morgan fingerprint density at radius 2 is 1.83 bits per heavy atom. The van der Waals surface area contributed by atoms with E-state index in [2.05, 4.69) is 10.2 Å². The lowest BCUT2D eigenvalue weighted by atomic mass is 10.1. The molecule has 0 saturated carbocycles. The minimum Gasteiger partial charge on any atom is -0.395 e. The molecule has 0 heterocycles. The number of hydrogen-bond donors (Lipinski definition) is 2. The fourth-order valence-electron chi connectivity index (χ4n) is 2.10. The molecule has 0 unspecified atom stereocenters. The Hall–Kier alpha value is -2.84. The zero-order chi connectivity index (χ0) is 17.5. The van der Waals surface area contributed by atoms with Gasteiger partial charge in [0.15, 0.2) is 0 Å². The van der Waals surface area contributed by atoms with E-state index in [1.54, 1.807) is 17.0 Å². The highest BCUT2D eigenvalue weighted by Crippen LogP contribution is 2.27. The van der Waals surface area contributed by atoms with Crippen LogP contribution in [-0.2, 0) is 0 Å². The number of aryl methyl sites for hydroxylation is 1. The second-order valence-corrected chi connectivity index (χ2v) is 5.07. The lowest BCUT2D eigenvalue weighted by Gasteiger charge is -2.21. The lowest BCUT2D eigenvalue weighted by molar-refractivity contribution is -0.384. The first-order chi connectivity index (χ1) is 11.5. The zero-order valence-corrected chi connectivity index (χ0v) is 13.2. The van der Waals surface area contributed by atoms with Gasteiger partial charge in [-0.15, -0.1) is 0 Å². The van der Waals surface area contributed by atoms with Crippen LogP contribution in [0.25, 0.3) is 0 Å². The van der Waals surface area contributed by atoms with Crippen molar-refractivity contribution in [1.29, 1.82) is 0 Å². The van der Waals surface area contributed by atoms with Crippen LogP contribution in [0.1, 0.15) is 5.56 Å². The van der Waals surface area contributed by atoms with Gasteiger partial charge in [0.05, 0.1) is 22.9 Å². The average molecular weight is 330 g/mol. The Morgan fingerprint density at radius 3 is 2.38 bits per heavy atom. The molecule has 0 fully saturated rings. The van der Waals surface area contributed by atoms with Crippen LogP contribution in [0, 0.1) is 17.0 Å². The molecule has 2 aromatic carbocycles. The summed E-state index contributed by atoms with van der Waals surface area (Å²) in [5.74, 6) is 0. The molecule has 0 saturated heterocycles. The largest absolute Gasteiger partial charge is 0.395 e. The fraction of sp³-hybridized carbons (Fsp3) is 0.250. The summed E-state index contributed by atoms with van der Waals surface area (Å²) in [6.45, 7) is 1.95. The molecule has 8 nitrogen and oxygen atoms in total. The van der Waals surface area contributed by atoms with Crippen molar-refractivity contribution in [3.05, 3.63) is 58.1 Å². The molecule has 0 amide bonds. The van der Waals surface area contributed by atoms with E-state index in [9.17, 15) is 15.2 Å². The monoisotopic (exact) mass is 330 g/mol. The molecule has 24 heavy (non-hydrogen) atoms. The Morgan fingerprint density at radius 1 is 1.12 bits per heavy atom. The van der Waals surface area contributed by atoms with Crippen LogP contribution in [0.4, 0.5) is 22.7 Å². The molecule has 0 aliphatic carbocycles. The third-order valence-corrected chi connectivity index (χ3v) is 3.42. The standard InChI is InChI=1S/C16H18N4O4/c1-12-10-15(19(11-22)8-9-21)6-7-16(12)18-17-13-2-4-14(5-3-13)20(23)24/h2-7,10,21-22H,8-9,11H2,1H3. The van der Waals surface area contributed by atoms with E-state index in [4.69, 9.17) is 5.11 Å². The van der Waals surface area contributed by atoms with Crippen LogP contribution in [-0.4, -0.2) is 35.0 Å². The molecule has 0 spiro atoms. The third kappa shape index (κ3) is 4.34. The van der Waals surface area contributed by atoms with Gasteiger partial charge in [0.1, 0.15) is 6.73 Å². The summed E-state index contributed by atoms with van der Waals surface area (Å²) >= 11 is 0. The number of hydrogen-bond acceptors (Lipinski definition) is 7. The number of nitro benzene ring substituents is 1. The number of nitro groups is 1. The maximum Gasteiger partial charge on any atom is 0.269 e. The Balaban J connectivity index is 2.16. The molecule has 2 rings (SSSR count). The summed E-state index contributed by atoms with van der Waals surface area (Å²) in [6.07, 6.45) is 0. The van der Waals surface area contributed by atoms with Crippen LogP contribution < -0.4 is 4.90 Å². The normalized spacial score (nSPS) is 11.0. The highest BCUT2D eigenvalue weighted by atomic mass is 16.6. The van der Waals surface area contributed by atoms with Crippen molar-refractivity contribution in [2.75, 3.05) is 24.8 Å². The number of nitrogens with zero attached hydrogens (tertiary/aromatic N) is 4. The Kier molecular flexibility index (Phi) is 5.94. The molecule has 0 atom stereocenters. The summed E-state index contributed by atoms with van der Waals surface area (Å²) in [7, 11) is 0. The van der Waals surface area contributed by atoms with Crippen molar-refractivity contribution in [3.63, 3.8) is 0 Å². The summed E-state index contributed by atoms with van der Waals surface area (Å²) in [5, 5.41) is 37.1. The first-order valence-electron chi connectivity index (χ1n) is 7.28. The van der Waals surface area contributed by atoms with Crippen LogP contribution in [0.15, 0.2) is 52.7 Å². The molecule has 0 aromatic heterocycles. The van der Waals surface area contributed by atoms with Gasteiger partial charge in [0.25, 0.3) is 5.69 Å². The summed E-state index contributed by atoms with van der Waals surface area (Å²) in [6, 6.07) is 11.2. The highest BCUT2D eigenvalue weighted by Gasteiger charge is 2.07. The second kappa shape index (κ2) is 8.14. The van der Waals surface area contributed by atoms with E-state index >= 15 is 0 Å². The SMILES string of the molecule is Cc1cc(N(CO)CCO)ccc1N=Nc1ccc([N+](=O)[O-])cc1. The van der Waals surface area contributed by atoms with Crippen molar-refractivity contribution in [2.45, 2.75) is 6.92 Å². The van der Waals surface area contributed by atoms with E-state index < -0.39 is 4.92 Å². The average Bonchev–Trinajstić information content (AvgIpc) is 2.59. The number of non-ortho nitro benzene ring substituents is 1.